The van der Waals surface area contributed by atoms with E-state index in [-0.39, 0.29) is 18.2 Å². The zero-order valence-electron chi connectivity index (χ0n) is 17.7. The van der Waals surface area contributed by atoms with Crippen LogP contribution in [0.15, 0.2) is 43.4 Å². The van der Waals surface area contributed by atoms with Gasteiger partial charge in [-0.1, -0.05) is 11.3 Å². The number of amides is 2. The standard InChI is InChI=1S/C21H26N6O3S/c1-16-4-7-22-12-17(16)14-27(19(28)5-11-30-2)21-25-13-18(31-21)20(29)24-6-3-9-26-10-8-23-15-26/h4,7-8,10,12-13,15H,3,5-6,9,11,14H2,1-2H3,(H,24,29). The molecule has 3 rings (SSSR count). The number of carbonyl (C=O) groups is 2. The minimum Gasteiger partial charge on any atom is -0.384 e. The Bertz CT molecular complexity index is 989. The molecule has 0 fully saturated rings. The monoisotopic (exact) mass is 442 g/mol. The molecule has 0 aromatic carbocycles. The first-order valence-corrected chi connectivity index (χ1v) is 10.8. The molecule has 164 valence electrons. The first-order chi connectivity index (χ1) is 15.1. The Morgan fingerprint density at radius 2 is 2.13 bits per heavy atom. The molecular formula is C21H26N6O3S. The summed E-state index contributed by atoms with van der Waals surface area (Å²) in [5.74, 6) is -0.317. The lowest BCUT2D eigenvalue weighted by Gasteiger charge is -2.20. The molecule has 0 aliphatic carbocycles. The molecule has 0 aliphatic rings. The molecule has 3 aromatic heterocycles. The summed E-state index contributed by atoms with van der Waals surface area (Å²) in [6.45, 7) is 3.94. The highest BCUT2D eigenvalue weighted by Gasteiger charge is 2.22. The van der Waals surface area contributed by atoms with Crippen LogP contribution in [0.1, 0.15) is 33.6 Å². The molecule has 2 amide bonds. The van der Waals surface area contributed by atoms with Crippen LogP contribution in [0.4, 0.5) is 5.13 Å². The summed E-state index contributed by atoms with van der Waals surface area (Å²) < 4.78 is 7.01. The minimum atomic E-state index is -0.198. The normalized spacial score (nSPS) is 10.8. The van der Waals surface area contributed by atoms with Gasteiger partial charge >= 0.3 is 0 Å². The lowest BCUT2D eigenvalue weighted by atomic mass is 10.1. The topological polar surface area (TPSA) is 102 Å². The van der Waals surface area contributed by atoms with Crippen LogP contribution in [0.5, 0.6) is 0 Å². The Balaban J connectivity index is 1.64. The molecule has 0 saturated carbocycles. The molecule has 31 heavy (non-hydrogen) atoms. The van der Waals surface area contributed by atoms with Crippen molar-refractivity contribution in [3.8, 4) is 0 Å². The number of rotatable bonds is 11. The summed E-state index contributed by atoms with van der Waals surface area (Å²) in [5.41, 5.74) is 1.96. The first-order valence-electron chi connectivity index (χ1n) is 9.97. The van der Waals surface area contributed by atoms with Crippen molar-refractivity contribution in [3.05, 3.63) is 59.4 Å². The first kappa shape index (κ1) is 22.6. The summed E-state index contributed by atoms with van der Waals surface area (Å²) in [5, 5.41) is 3.38. The SMILES string of the molecule is COCCC(=O)N(Cc1cnccc1C)c1ncc(C(=O)NCCCn2ccnc2)s1. The molecule has 9 nitrogen and oxygen atoms in total. The Morgan fingerprint density at radius 3 is 2.87 bits per heavy atom. The van der Waals surface area contributed by atoms with Crippen molar-refractivity contribution in [2.24, 2.45) is 0 Å². The van der Waals surface area contributed by atoms with Crippen molar-refractivity contribution >= 4 is 28.3 Å². The second-order valence-corrected chi connectivity index (χ2v) is 7.95. The lowest BCUT2D eigenvalue weighted by Crippen LogP contribution is -2.31. The molecule has 0 saturated heterocycles. The maximum absolute atomic E-state index is 12.8. The van der Waals surface area contributed by atoms with Crippen molar-refractivity contribution in [2.45, 2.75) is 32.9 Å². The molecule has 10 heteroatoms. The molecular weight excluding hydrogens is 416 g/mol. The maximum atomic E-state index is 12.8. The number of aromatic nitrogens is 4. The van der Waals surface area contributed by atoms with E-state index in [2.05, 4.69) is 20.3 Å². The van der Waals surface area contributed by atoms with Gasteiger partial charge in [-0.05, 0) is 30.5 Å². The Kier molecular flexibility index (Phi) is 8.25. The van der Waals surface area contributed by atoms with Gasteiger partial charge in [0.25, 0.3) is 5.91 Å². The van der Waals surface area contributed by atoms with Crippen molar-refractivity contribution in [3.63, 3.8) is 0 Å². The van der Waals surface area contributed by atoms with Crippen LogP contribution in [0, 0.1) is 6.92 Å². The third kappa shape index (κ3) is 6.43. The van der Waals surface area contributed by atoms with Crippen molar-refractivity contribution in [1.29, 1.82) is 0 Å². The highest BCUT2D eigenvalue weighted by molar-refractivity contribution is 7.17. The Labute approximate surface area is 185 Å². The molecule has 0 spiro atoms. The largest absolute Gasteiger partial charge is 0.384 e. The molecule has 0 aliphatic heterocycles. The van der Waals surface area contributed by atoms with E-state index in [9.17, 15) is 9.59 Å². The number of hydrogen-bond acceptors (Lipinski definition) is 7. The number of aryl methyl sites for hydroxylation is 2. The predicted octanol–water partition coefficient (Wildman–Crippen LogP) is 2.43. The summed E-state index contributed by atoms with van der Waals surface area (Å²) in [6.07, 6.45) is 11.3. The van der Waals surface area contributed by atoms with Crippen LogP contribution in [-0.4, -0.2) is 51.6 Å². The second kappa shape index (κ2) is 11.3. The van der Waals surface area contributed by atoms with Crippen molar-refractivity contribution < 1.29 is 14.3 Å². The van der Waals surface area contributed by atoms with Gasteiger partial charge in [0.1, 0.15) is 4.88 Å². The van der Waals surface area contributed by atoms with E-state index in [1.807, 2.05) is 23.8 Å². The third-order valence-corrected chi connectivity index (χ3v) is 5.70. The Morgan fingerprint density at radius 1 is 1.26 bits per heavy atom. The Hall–Kier alpha value is -3.11. The van der Waals surface area contributed by atoms with Crippen LogP contribution >= 0.6 is 11.3 Å². The predicted molar refractivity (Wildman–Crippen MR) is 118 cm³/mol. The summed E-state index contributed by atoms with van der Waals surface area (Å²) in [4.78, 5) is 39.9. The van der Waals surface area contributed by atoms with Gasteiger partial charge in [-0.15, -0.1) is 0 Å². The number of ether oxygens (including phenoxy) is 1. The molecule has 0 bridgehead atoms. The fraction of sp³-hybridized carbons (Fsp3) is 0.381. The van der Waals surface area contributed by atoms with Gasteiger partial charge in [0, 0.05) is 45.0 Å². The van der Waals surface area contributed by atoms with E-state index in [0.29, 0.717) is 29.7 Å². The van der Waals surface area contributed by atoms with Crippen molar-refractivity contribution in [1.82, 2.24) is 24.8 Å². The average Bonchev–Trinajstić information content (AvgIpc) is 3.46. The van der Waals surface area contributed by atoms with Gasteiger partial charge in [-0.25, -0.2) is 9.97 Å². The fourth-order valence-corrected chi connectivity index (χ4v) is 3.73. The van der Waals surface area contributed by atoms with E-state index in [4.69, 9.17) is 4.74 Å². The number of carbonyl (C=O) groups excluding carboxylic acids is 2. The molecule has 1 N–H and O–H groups in total. The smallest absolute Gasteiger partial charge is 0.263 e. The molecule has 0 radical (unpaired) electrons. The van der Waals surface area contributed by atoms with E-state index in [0.717, 1.165) is 24.1 Å². The lowest BCUT2D eigenvalue weighted by molar-refractivity contribution is -0.119. The second-order valence-electron chi connectivity index (χ2n) is 6.94. The summed E-state index contributed by atoms with van der Waals surface area (Å²) in [6, 6.07) is 1.90. The van der Waals surface area contributed by atoms with Crippen LogP contribution in [0.3, 0.4) is 0 Å². The summed E-state index contributed by atoms with van der Waals surface area (Å²) in [7, 11) is 1.56. The van der Waals surface area contributed by atoms with Crippen LogP contribution in [0.2, 0.25) is 0 Å². The zero-order chi connectivity index (χ0) is 22.1. The number of nitrogens with one attached hydrogen (secondary N) is 1. The summed E-state index contributed by atoms with van der Waals surface area (Å²) >= 11 is 1.20. The molecule has 3 aromatic rings. The average molecular weight is 443 g/mol. The third-order valence-electron chi connectivity index (χ3n) is 4.68. The van der Waals surface area contributed by atoms with Crippen LogP contribution in [0.25, 0.3) is 0 Å². The number of anilines is 1. The highest BCUT2D eigenvalue weighted by Crippen LogP contribution is 2.25. The van der Waals surface area contributed by atoms with Gasteiger partial charge in [-0.3, -0.25) is 19.5 Å². The van der Waals surface area contributed by atoms with E-state index < -0.39 is 0 Å². The number of pyridine rings is 1. The van der Waals surface area contributed by atoms with Gasteiger partial charge < -0.3 is 14.6 Å². The number of thiazole rings is 1. The van der Waals surface area contributed by atoms with E-state index in [1.54, 1.807) is 36.9 Å². The number of methoxy groups -OCH3 is 1. The van der Waals surface area contributed by atoms with Crippen LogP contribution in [-0.2, 0) is 22.6 Å². The zero-order valence-corrected chi connectivity index (χ0v) is 18.5. The molecule has 0 unspecified atom stereocenters. The number of nitrogens with zero attached hydrogens (tertiary/aromatic N) is 5. The number of imidazole rings is 1. The molecule has 0 atom stereocenters. The van der Waals surface area contributed by atoms with Gasteiger partial charge in [0.2, 0.25) is 5.91 Å². The maximum Gasteiger partial charge on any atom is 0.263 e. The van der Waals surface area contributed by atoms with Gasteiger partial charge in [0.05, 0.1) is 32.1 Å². The van der Waals surface area contributed by atoms with E-state index in [1.165, 1.54) is 17.5 Å². The highest BCUT2D eigenvalue weighted by atomic mass is 32.1. The fourth-order valence-electron chi connectivity index (χ4n) is 2.88. The van der Waals surface area contributed by atoms with Gasteiger partial charge in [0.15, 0.2) is 5.13 Å². The van der Waals surface area contributed by atoms with Crippen LogP contribution < -0.4 is 10.2 Å². The van der Waals surface area contributed by atoms with Crippen molar-refractivity contribution in [2.75, 3.05) is 25.2 Å². The van der Waals surface area contributed by atoms with Gasteiger partial charge in [-0.2, -0.15) is 0 Å². The molecule has 3 heterocycles. The van der Waals surface area contributed by atoms with E-state index >= 15 is 0 Å². The number of hydrogen-bond donors (Lipinski definition) is 1. The minimum absolute atomic E-state index is 0.119. The quantitative estimate of drug-likeness (QED) is 0.458.